The average molecular weight is 355 g/mol. The maximum Gasteiger partial charge on any atom is 0.255 e. The Morgan fingerprint density at radius 2 is 1.88 bits per heavy atom. The Balaban J connectivity index is 1.99. The smallest absolute Gasteiger partial charge is 0.255 e. The lowest BCUT2D eigenvalue weighted by atomic mass is 9.94. The van der Waals surface area contributed by atoms with Gasteiger partial charge in [-0.1, -0.05) is 18.2 Å². The first kappa shape index (κ1) is 16.8. The summed E-state index contributed by atoms with van der Waals surface area (Å²) in [6.45, 7) is 1.75. The van der Waals surface area contributed by atoms with E-state index in [1.165, 1.54) is 12.1 Å². The number of carbonyl (C=O) groups is 1. The van der Waals surface area contributed by atoms with Gasteiger partial charge in [-0.3, -0.25) is 4.79 Å². The van der Waals surface area contributed by atoms with Crippen LogP contribution < -0.4 is 16.0 Å². The first-order valence-corrected chi connectivity index (χ1v) is 8.03. The average Bonchev–Trinajstić information content (AvgIpc) is 2.54. The molecule has 2 aromatic carbocycles. The molecule has 3 rings (SSSR count). The van der Waals surface area contributed by atoms with Crippen LogP contribution in [0, 0.1) is 0 Å². The van der Waals surface area contributed by atoms with Crippen LogP contribution in [0.1, 0.15) is 18.5 Å². The number of rotatable bonds is 3. The number of hydrogen-bond donors (Lipinski definition) is 5. The fraction of sp³-hybridized carbons (Fsp3) is 0.111. The quantitative estimate of drug-likeness (QED) is 0.543. The fourth-order valence-electron chi connectivity index (χ4n) is 2.72. The molecule has 6 nitrogen and oxygen atoms in total. The molecule has 5 N–H and O–H groups in total. The van der Waals surface area contributed by atoms with Gasteiger partial charge < -0.3 is 26.2 Å². The molecule has 128 valence electrons. The fourth-order valence-corrected chi connectivity index (χ4v) is 3.00. The molecule has 1 heterocycles. The van der Waals surface area contributed by atoms with Crippen LogP contribution in [0.3, 0.4) is 0 Å². The second-order valence-electron chi connectivity index (χ2n) is 5.63. The summed E-state index contributed by atoms with van der Waals surface area (Å²) in [7, 11) is 0. The molecule has 0 bridgehead atoms. The van der Waals surface area contributed by atoms with E-state index in [9.17, 15) is 15.0 Å². The molecule has 0 aromatic heterocycles. The summed E-state index contributed by atoms with van der Waals surface area (Å²) in [4.78, 5) is 12.8. The zero-order chi connectivity index (χ0) is 18.0. The van der Waals surface area contributed by atoms with E-state index in [0.29, 0.717) is 27.6 Å². The van der Waals surface area contributed by atoms with E-state index in [-0.39, 0.29) is 17.4 Å². The monoisotopic (exact) mass is 355 g/mol. The van der Waals surface area contributed by atoms with Crippen LogP contribution in [0.25, 0.3) is 0 Å². The van der Waals surface area contributed by atoms with Gasteiger partial charge >= 0.3 is 0 Å². The molecule has 0 unspecified atom stereocenters. The Labute approximate surface area is 150 Å². The Bertz CT molecular complexity index is 865. The van der Waals surface area contributed by atoms with Crippen molar-refractivity contribution < 1.29 is 15.0 Å². The van der Waals surface area contributed by atoms with Gasteiger partial charge in [0.15, 0.2) is 5.11 Å². The molecular weight excluding hydrogens is 338 g/mol. The summed E-state index contributed by atoms with van der Waals surface area (Å²) in [6, 6.07) is 12.7. The number of aromatic hydroxyl groups is 2. The molecule has 0 saturated heterocycles. The second kappa shape index (κ2) is 6.82. The van der Waals surface area contributed by atoms with Crippen LogP contribution in [0.5, 0.6) is 11.5 Å². The lowest BCUT2D eigenvalue weighted by molar-refractivity contribution is -0.113. The molecule has 0 saturated carbocycles. The molecule has 2 aromatic rings. The third-order valence-corrected chi connectivity index (χ3v) is 4.09. The molecule has 0 spiro atoms. The second-order valence-corrected chi connectivity index (χ2v) is 6.04. The van der Waals surface area contributed by atoms with E-state index < -0.39 is 6.04 Å². The number of phenols is 2. The first-order valence-electron chi connectivity index (χ1n) is 7.62. The predicted molar refractivity (Wildman–Crippen MR) is 99.2 cm³/mol. The van der Waals surface area contributed by atoms with Crippen LogP contribution in [0.4, 0.5) is 5.69 Å². The summed E-state index contributed by atoms with van der Waals surface area (Å²) in [5.41, 5.74) is 2.10. The van der Waals surface area contributed by atoms with Crippen LogP contribution in [0.2, 0.25) is 0 Å². The molecule has 25 heavy (non-hydrogen) atoms. The minimum atomic E-state index is -0.641. The SMILES string of the molecule is CC1=C(C(=O)Nc2ccccc2)[C@@H](c2ccc(O)cc2O)NC(=S)N1. The third kappa shape index (κ3) is 3.56. The highest BCUT2D eigenvalue weighted by atomic mass is 32.1. The summed E-state index contributed by atoms with van der Waals surface area (Å²) in [5, 5.41) is 28.8. The third-order valence-electron chi connectivity index (χ3n) is 3.87. The van der Waals surface area contributed by atoms with Crippen molar-refractivity contribution in [2.24, 2.45) is 0 Å². The van der Waals surface area contributed by atoms with Gasteiger partial charge in [0.25, 0.3) is 5.91 Å². The standard InChI is InChI=1S/C18H17N3O3S/c1-10-15(17(24)20-11-5-3-2-4-6-11)16(21-18(25)19-10)13-8-7-12(22)9-14(13)23/h2-9,16,22-23H,1H3,(H,20,24)(H2,19,21,25)/t16-/m1/s1. The van der Waals surface area contributed by atoms with Crippen molar-refractivity contribution in [1.82, 2.24) is 10.6 Å². The summed E-state index contributed by atoms with van der Waals surface area (Å²) < 4.78 is 0. The van der Waals surface area contributed by atoms with E-state index in [4.69, 9.17) is 12.2 Å². The Morgan fingerprint density at radius 3 is 2.56 bits per heavy atom. The Hall–Kier alpha value is -3.06. The number of amides is 1. The number of phenolic OH excluding ortho intramolecular Hbond substituents is 2. The Morgan fingerprint density at radius 1 is 1.16 bits per heavy atom. The Kier molecular flexibility index (Phi) is 4.58. The molecule has 1 aliphatic heterocycles. The van der Waals surface area contributed by atoms with Crippen molar-refractivity contribution in [2.45, 2.75) is 13.0 Å². The van der Waals surface area contributed by atoms with Crippen molar-refractivity contribution in [3.63, 3.8) is 0 Å². The van der Waals surface area contributed by atoms with Gasteiger partial charge in [-0.25, -0.2) is 0 Å². The van der Waals surface area contributed by atoms with Crippen LogP contribution in [-0.2, 0) is 4.79 Å². The molecule has 1 atom stereocenters. The van der Waals surface area contributed by atoms with E-state index in [1.54, 1.807) is 25.1 Å². The molecule has 0 radical (unpaired) electrons. The van der Waals surface area contributed by atoms with Gasteiger partial charge in [0.2, 0.25) is 0 Å². The van der Waals surface area contributed by atoms with E-state index in [0.717, 1.165) is 0 Å². The zero-order valence-corrected chi connectivity index (χ0v) is 14.2. The van der Waals surface area contributed by atoms with Crippen molar-refractivity contribution >= 4 is 28.9 Å². The van der Waals surface area contributed by atoms with Crippen molar-refractivity contribution in [2.75, 3.05) is 5.32 Å². The van der Waals surface area contributed by atoms with Gasteiger partial charge in [-0.15, -0.1) is 0 Å². The number of hydrogen-bond acceptors (Lipinski definition) is 4. The molecular formula is C18H17N3O3S. The van der Waals surface area contributed by atoms with Crippen molar-refractivity contribution in [3.8, 4) is 11.5 Å². The highest BCUT2D eigenvalue weighted by molar-refractivity contribution is 7.80. The van der Waals surface area contributed by atoms with Crippen LogP contribution in [0.15, 0.2) is 59.8 Å². The largest absolute Gasteiger partial charge is 0.508 e. The maximum atomic E-state index is 12.8. The van der Waals surface area contributed by atoms with Gasteiger partial charge in [0.1, 0.15) is 11.5 Å². The number of thiocarbonyl (C=S) groups is 1. The van der Waals surface area contributed by atoms with Crippen LogP contribution in [-0.4, -0.2) is 21.2 Å². The van der Waals surface area contributed by atoms with E-state index in [1.807, 2.05) is 18.2 Å². The molecule has 7 heteroatoms. The van der Waals surface area contributed by atoms with Gasteiger partial charge in [0, 0.05) is 23.0 Å². The highest BCUT2D eigenvalue weighted by Gasteiger charge is 2.31. The lowest BCUT2D eigenvalue weighted by Crippen LogP contribution is -2.45. The molecule has 0 aliphatic carbocycles. The summed E-state index contributed by atoms with van der Waals surface area (Å²) in [5.74, 6) is -0.502. The number of carbonyl (C=O) groups excluding carboxylic acids is 1. The number of allylic oxidation sites excluding steroid dienone is 1. The molecule has 1 aliphatic rings. The van der Waals surface area contributed by atoms with Crippen molar-refractivity contribution in [1.29, 1.82) is 0 Å². The topological polar surface area (TPSA) is 93.6 Å². The summed E-state index contributed by atoms with van der Waals surface area (Å²) in [6.07, 6.45) is 0. The van der Waals surface area contributed by atoms with Crippen molar-refractivity contribution in [3.05, 3.63) is 65.4 Å². The zero-order valence-electron chi connectivity index (χ0n) is 13.4. The number of nitrogens with one attached hydrogen (secondary N) is 3. The predicted octanol–water partition coefficient (Wildman–Crippen LogP) is 2.53. The molecule has 0 fully saturated rings. The molecule has 1 amide bonds. The maximum absolute atomic E-state index is 12.8. The van der Waals surface area contributed by atoms with Gasteiger partial charge in [-0.05, 0) is 43.4 Å². The van der Waals surface area contributed by atoms with Crippen LogP contribution >= 0.6 is 12.2 Å². The minimum Gasteiger partial charge on any atom is -0.508 e. The minimum absolute atomic E-state index is 0.0613. The number of para-hydroxylation sites is 1. The van der Waals surface area contributed by atoms with E-state index in [2.05, 4.69) is 16.0 Å². The van der Waals surface area contributed by atoms with Gasteiger partial charge in [-0.2, -0.15) is 0 Å². The normalized spacial score (nSPS) is 16.8. The summed E-state index contributed by atoms with van der Waals surface area (Å²) >= 11 is 5.18. The first-order chi connectivity index (χ1) is 12.0. The van der Waals surface area contributed by atoms with Gasteiger partial charge in [0.05, 0.1) is 11.6 Å². The highest BCUT2D eigenvalue weighted by Crippen LogP contribution is 2.34. The van der Waals surface area contributed by atoms with E-state index >= 15 is 0 Å². The number of anilines is 1. The lowest BCUT2D eigenvalue weighted by Gasteiger charge is -2.30. The number of benzene rings is 2.